The third-order valence-corrected chi connectivity index (χ3v) is 3.69. The van der Waals surface area contributed by atoms with E-state index in [1.807, 2.05) is 6.92 Å². The van der Waals surface area contributed by atoms with Gasteiger partial charge in [0, 0.05) is 6.61 Å². The van der Waals surface area contributed by atoms with Crippen molar-refractivity contribution in [3.8, 4) is 0 Å². The second kappa shape index (κ2) is 7.38. The quantitative estimate of drug-likeness (QED) is 0.611. The van der Waals surface area contributed by atoms with E-state index in [4.69, 9.17) is 16.3 Å². The number of halogens is 1. The minimum absolute atomic E-state index is 0.0695. The normalized spacial score (nSPS) is 16.0. The van der Waals surface area contributed by atoms with Crippen LogP contribution in [0.3, 0.4) is 0 Å². The van der Waals surface area contributed by atoms with Crippen LogP contribution < -0.4 is 0 Å². The Bertz CT molecular complexity index is 236. The maximum atomic E-state index is 11.7. The lowest BCUT2D eigenvalue weighted by Gasteiger charge is -2.37. The van der Waals surface area contributed by atoms with Gasteiger partial charge in [-0.15, -0.1) is 0 Å². The Morgan fingerprint density at radius 1 is 1.29 bits per heavy atom. The molecule has 0 bridgehead atoms. The number of hydrogen-bond acceptors (Lipinski definition) is 2. The standard InChI is InChI=1S/C14H27ClO2/c1-7-14(5,6)12(13(15)16)11(17-8-2)9-10(3)4/h10-12H,7-9H2,1-6H3. The predicted molar refractivity (Wildman–Crippen MR) is 73.3 cm³/mol. The van der Waals surface area contributed by atoms with E-state index in [2.05, 4.69) is 34.6 Å². The SMILES string of the molecule is CCOC(CC(C)C)C(C(=O)Cl)C(C)(C)CC. The molecular formula is C14H27ClO2. The molecule has 0 fully saturated rings. The lowest BCUT2D eigenvalue weighted by molar-refractivity contribution is -0.127. The van der Waals surface area contributed by atoms with Crippen LogP contribution in [0.25, 0.3) is 0 Å². The minimum atomic E-state index is -0.268. The summed E-state index contributed by atoms with van der Waals surface area (Å²) in [5.41, 5.74) is -0.117. The van der Waals surface area contributed by atoms with Crippen molar-refractivity contribution < 1.29 is 9.53 Å². The fraction of sp³-hybridized carbons (Fsp3) is 0.929. The first-order chi connectivity index (χ1) is 7.76. The molecule has 0 heterocycles. The summed E-state index contributed by atoms with van der Waals surface area (Å²) < 4.78 is 5.76. The highest BCUT2D eigenvalue weighted by molar-refractivity contribution is 6.64. The maximum absolute atomic E-state index is 11.7. The number of hydrogen-bond donors (Lipinski definition) is 0. The van der Waals surface area contributed by atoms with Crippen molar-refractivity contribution >= 4 is 16.8 Å². The molecule has 0 saturated heterocycles. The van der Waals surface area contributed by atoms with Crippen molar-refractivity contribution in [2.75, 3.05) is 6.61 Å². The Hall–Kier alpha value is -0.0800. The van der Waals surface area contributed by atoms with E-state index in [9.17, 15) is 4.79 Å². The first-order valence-corrected chi connectivity index (χ1v) is 6.95. The van der Waals surface area contributed by atoms with Gasteiger partial charge in [-0.2, -0.15) is 0 Å². The minimum Gasteiger partial charge on any atom is -0.378 e. The average molecular weight is 263 g/mol. The third-order valence-electron chi connectivity index (χ3n) is 3.45. The zero-order valence-corrected chi connectivity index (χ0v) is 12.8. The van der Waals surface area contributed by atoms with Gasteiger partial charge in [0.05, 0.1) is 12.0 Å². The lowest BCUT2D eigenvalue weighted by atomic mass is 9.73. The largest absolute Gasteiger partial charge is 0.378 e. The Balaban J connectivity index is 5.02. The lowest BCUT2D eigenvalue weighted by Crippen LogP contribution is -2.40. The summed E-state index contributed by atoms with van der Waals surface area (Å²) in [6, 6.07) is 0. The van der Waals surface area contributed by atoms with Crippen LogP contribution >= 0.6 is 11.6 Å². The molecule has 0 aliphatic rings. The molecule has 0 aromatic heterocycles. The smallest absolute Gasteiger partial charge is 0.227 e. The molecule has 17 heavy (non-hydrogen) atoms. The molecule has 0 spiro atoms. The Morgan fingerprint density at radius 3 is 2.12 bits per heavy atom. The third kappa shape index (κ3) is 5.39. The Morgan fingerprint density at radius 2 is 1.82 bits per heavy atom. The predicted octanol–water partition coefficient (Wildman–Crippen LogP) is 4.26. The highest BCUT2D eigenvalue weighted by Crippen LogP contribution is 2.37. The highest BCUT2D eigenvalue weighted by Gasteiger charge is 2.39. The van der Waals surface area contributed by atoms with E-state index >= 15 is 0 Å². The average Bonchev–Trinajstić information content (AvgIpc) is 2.16. The van der Waals surface area contributed by atoms with Crippen LogP contribution in [0.1, 0.15) is 54.4 Å². The zero-order chi connectivity index (χ0) is 13.6. The van der Waals surface area contributed by atoms with E-state index < -0.39 is 0 Å². The fourth-order valence-corrected chi connectivity index (χ4v) is 2.59. The van der Waals surface area contributed by atoms with Crippen LogP contribution in [0.2, 0.25) is 0 Å². The van der Waals surface area contributed by atoms with Crippen molar-refractivity contribution in [1.82, 2.24) is 0 Å². The summed E-state index contributed by atoms with van der Waals surface area (Å²) in [5, 5.41) is -0.268. The van der Waals surface area contributed by atoms with E-state index in [0.29, 0.717) is 12.5 Å². The first-order valence-electron chi connectivity index (χ1n) is 6.57. The van der Waals surface area contributed by atoms with Crippen LogP contribution in [-0.4, -0.2) is 18.0 Å². The molecule has 0 rings (SSSR count). The Labute approximate surface area is 111 Å². The summed E-state index contributed by atoms with van der Waals surface area (Å²) >= 11 is 5.80. The van der Waals surface area contributed by atoms with Gasteiger partial charge in [0.15, 0.2) is 0 Å². The van der Waals surface area contributed by atoms with Gasteiger partial charge in [0.2, 0.25) is 5.24 Å². The molecule has 2 atom stereocenters. The zero-order valence-electron chi connectivity index (χ0n) is 12.0. The second-order valence-corrected chi connectivity index (χ2v) is 6.12. The van der Waals surface area contributed by atoms with Gasteiger partial charge in [-0.25, -0.2) is 0 Å². The van der Waals surface area contributed by atoms with Gasteiger partial charge in [-0.05, 0) is 36.3 Å². The van der Waals surface area contributed by atoms with Crippen LogP contribution in [0.15, 0.2) is 0 Å². The highest BCUT2D eigenvalue weighted by atomic mass is 35.5. The van der Waals surface area contributed by atoms with Crippen molar-refractivity contribution in [3.05, 3.63) is 0 Å². The molecular weight excluding hydrogens is 236 g/mol. The molecule has 0 aromatic rings. The molecule has 2 nitrogen and oxygen atoms in total. The van der Waals surface area contributed by atoms with Crippen molar-refractivity contribution in [2.45, 2.75) is 60.5 Å². The topological polar surface area (TPSA) is 26.3 Å². The van der Waals surface area contributed by atoms with E-state index in [-0.39, 0.29) is 22.7 Å². The van der Waals surface area contributed by atoms with Crippen LogP contribution in [0, 0.1) is 17.3 Å². The summed E-state index contributed by atoms with van der Waals surface area (Å²) in [4.78, 5) is 11.7. The van der Waals surface area contributed by atoms with Gasteiger partial charge in [0.1, 0.15) is 0 Å². The van der Waals surface area contributed by atoms with E-state index in [0.717, 1.165) is 12.8 Å². The van der Waals surface area contributed by atoms with Crippen LogP contribution in [-0.2, 0) is 9.53 Å². The summed E-state index contributed by atoms with van der Waals surface area (Å²) in [7, 11) is 0. The van der Waals surface area contributed by atoms with Gasteiger partial charge in [-0.1, -0.05) is 41.0 Å². The van der Waals surface area contributed by atoms with Gasteiger partial charge < -0.3 is 4.74 Å². The molecule has 3 heteroatoms. The molecule has 102 valence electrons. The maximum Gasteiger partial charge on any atom is 0.227 e. The first kappa shape index (κ1) is 16.9. The van der Waals surface area contributed by atoms with Crippen molar-refractivity contribution in [3.63, 3.8) is 0 Å². The van der Waals surface area contributed by atoms with Crippen molar-refractivity contribution in [1.29, 1.82) is 0 Å². The van der Waals surface area contributed by atoms with Crippen molar-refractivity contribution in [2.24, 2.45) is 17.3 Å². The summed E-state index contributed by atoms with van der Waals surface area (Å²) in [6.45, 7) is 13.1. The molecule has 0 N–H and O–H groups in total. The number of carbonyl (C=O) groups excluding carboxylic acids is 1. The number of ether oxygens (including phenoxy) is 1. The van der Waals surface area contributed by atoms with Crippen LogP contribution in [0.5, 0.6) is 0 Å². The summed E-state index contributed by atoms with van der Waals surface area (Å²) in [6.07, 6.45) is 1.72. The monoisotopic (exact) mass is 262 g/mol. The Kier molecular flexibility index (Phi) is 7.34. The van der Waals surface area contributed by atoms with Gasteiger partial charge in [-0.3, -0.25) is 4.79 Å². The summed E-state index contributed by atoms with van der Waals surface area (Å²) in [5.74, 6) is 0.272. The van der Waals surface area contributed by atoms with Crippen LogP contribution in [0.4, 0.5) is 0 Å². The number of carbonyl (C=O) groups is 1. The van der Waals surface area contributed by atoms with Gasteiger partial charge in [0.25, 0.3) is 0 Å². The second-order valence-electron chi connectivity index (χ2n) is 5.75. The fourth-order valence-electron chi connectivity index (χ4n) is 2.16. The number of rotatable bonds is 8. The van der Waals surface area contributed by atoms with E-state index in [1.165, 1.54) is 0 Å². The molecule has 2 unspecified atom stereocenters. The molecule has 0 amide bonds. The molecule has 0 aromatic carbocycles. The molecule has 0 aliphatic heterocycles. The molecule has 0 saturated carbocycles. The molecule has 0 aliphatic carbocycles. The van der Waals surface area contributed by atoms with Gasteiger partial charge >= 0.3 is 0 Å². The molecule has 0 radical (unpaired) electrons. The van der Waals surface area contributed by atoms with E-state index in [1.54, 1.807) is 0 Å².